The molecule has 0 saturated carbocycles. The molecule has 2 aromatic carbocycles. The van der Waals surface area contributed by atoms with Crippen LogP contribution in [0, 0.1) is 11.6 Å². The van der Waals surface area contributed by atoms with Crippen molar-refractivity contribution in [1.29, 1.82) is 0 Å². The number of hydrogen-bond acceptors (Lipinski definition) is 5. The number of aromatic hydroxyl groups is 1. The maximum absolute atomic E-state index is 15.6. The molecule has 9 heteroatoms. The molecule has 0 radical (unpaired) electrons. The zero-order chi connectivity index (χ0) is 20.7. The zero-order valence-corrected chi connectivity index (χ0v) is 15.9. The van der Waals surface area contributed by atoms with Gasteiger partial charge in [-0.15, -0.1) is 0 Å². The van der Waals surface area contributed by atoms with E-state index in [1.807, 2.05) is 0 Å². The Balaban J connectivity index is 2.08. The molecule has 29 heavy (non-hydrogen) atoms. The number of thioether (sulfide) groups is 1. The number of aromatic carboxylic acids is 1. The van der Waals surface area contributed by atoms with Crippen molar-refractivity contribution in [3.63, 3.8) is 0 Å². The SMILES string of the molecule is O=C(O)c1cn(-c2ccc(O)cc2)c2c(F)c(N3CCSCC3)c(F)cc2c1=O. The van der Waals surface area contributed by atoms with E-state index in [4.69, 9.17) is 0 Å². The van der Waals surface area contributed by atoms with Crippen LogP contribution in [-0.4, -0.2) is 45.3 Å². The Hall–Kier alpha value is -3.07. The van der Waals surface area contributed by atoms with Crippen LogP contribution in [0.1, 0.15) is 10.4 Å². The number of phenolic OH excluding ortho intramolecular Hbond substituents is 1. The van der Waals surface area contributed by atoms with Crippen LogP contribution in [0.25, 0.3) is 16.6 Å². The van der Waals surface area contributed by atoms with Crippen molar-refractivity contribution >= 4 is 34.3 Å². The summed E-state index contributed by atoms with van der Waals surface area (Å²) in [5.41, 5.74) is -1.68. The lowest BCUT2D eigenvalue weighted by molar-refractivity contribution is 0.0695. The first kappa shape index (κ1) is 19.3. The van der Waals surface area contributed by atoms with E-state index >= 15 is 4.39 Å². The van der Waals surface area contributed by atoms with Crippen LogP contribution in [0.3, 0.4) is 0 Å². The van der Waals surface area contributed by atoms with Gasteiger partial charge in [-0.05, 0) is 30.3 Å². The van der Waals surface area contributed by atoms with E-state index in [1.165, 1.54) is 28.8 Å². The monoisotopic (exact) mass is 418 g/mol. The number of anilines is 1. The number of carboxylic acids is 1. The summed E-state index contributed by atoms with van der Waals surface area (Å²) in [7, 11) is 0. The molecule has 1 aliphatic heterocycles. The molecular weight excluding hydrogens is 402 g/mol. The molecule has 150 valence electrons. The number of nitrogens with zero attached hydrogens (tertiary/aromatic N) is 2. The number of halogens is 2. The summed E-state index contributed by atoms with van der Waals surface area (Å²) in [5.74, 6) is -1.91. The molecular formula is C20H16F2N2O4S. The van der Waals surface area contributed by atoms with Crippen molar-refractivity contribution in [2.75, 3.05) is 29.5 Å². The fourth-order valence-corrected chi connectivity index (χ4v) is 4.35. The topological polar surface area (TPSA) is 82.8 Å². The molecule has 0 amide bonds. The first-order valence-corrected chi connectivity index (χ1v) is 9.96. The molecule has 2 heterocycles. The number of pyridine rings is 1. The first-order chi connectivity index (χ1) is 13.9. The van der Waals surface area contributed by atoms with Gasteiger partial charge in [-0.25, -0.2) is 13.6 Å². The van der Waals surface area contributed by atoms with E-state index in [1.54, 1.807) is 16.7 Å². The Morgan fingerprint density at radius 3 is 2.38 bits per heavy atom. The summed E-state index contributed by atoms with van der Waals surface area (Å²) in [6.45, 7) is 0.918. The van der Waals surface area contributed by atoms with Crippen molar-refractivity contribution in [2.24, 2.45) is 0 Å². The second kappa shape index (κ2) is 7.40. The predicted molar refractivity (Wildman–Crippen MR) is 108 cm³/mol. The number of carbonyl (C=O) groups is 1. The third kappa shape index (κ3) is 3.31. The fraction of sp³-hybridized carbons (Fsp3) is 0.200. The molecule has 3 aromatic rings. The van der Waals surface area contributed by atoms with Crippen LogP contribution >= 0.6 is 11.8 Å². The van der Waals surface area contributed by atoms with Gasteiger partial charge >= 0.3 is 5.97 Å². The van der Waals surface area contributed by atoms with E-state index in [9.17, 15) is 24.2 Å². The fourth-order valence-electron chi connectivity index (χ4n) is 3.45. The lowest BCUT2D eigenvalue weighted by atomic mass is 10.1. The van der Waals surface area contributed by atoms with E-state index in [2.05, 4.69) is 0 Å². The van der Waals surface area contributed by atoms with Crippen LogP contribution in [-0.2, 0) is 0 Å². The predicted octanol–water partition coefficient (Wildman–Crippen LogP) is 3.23. The smallest absolute Gasteiger partial charge is 0.341 e. The third-order valence-electron chi connectivity index (χ3n) is 4.84. The van der Waals surface area contributed by atoms with E-state index < -0.39 is 28.6 Å². The third-order valence-corrected chi connectivity index (χ3v) is 5.78. The van der Waals surface area contributed by atoms with Gasteiger partial charge in [0.15, 0.2) is 5.82 Å². The Labute approximate surface area is 168 Å². The zero-order valence-electron chi connectivity index (χ0n) is 15.1. The Bertz CT molecular complexity index is 1170. The van der Waals surface area contributed by atoms with Crippen molar-refractivity contribution in [3.8, 4) is 11.4 Å². The van der Waals surface area contributed by atoms with Gasteiger partial charge < -0.3 is 19.7 Å². The van der Waals surface area contributed by atoms with Crippen LogP contribution in [0.2, 0.25) is 0 Å². The average molecular weight is 418 g/mol. The Morgan fingerprint density at radius 2 is 1.76 bits per heavy atom. The quantitative estimate of drug-likeness (QED) is 0.680. The van der Waals surface area contributed by atoms with Crippen LogP contribution < -0.4 is 10.3 Å². The summed E-state index contributed by atoms with van der Waals surface area (Å²) in [6, 6.07) is 6.50. The summed E-state index contributed by atoms with van der Waals surface area (Å²) >= 11 is 1.69. The van der Waals surface area contributed by atoms with Crippen molar-refractivity contribution in [2.45, 2.75) is 0 Å². The van der Waals surface area contributed by atoms with E-state index in [0.717, 1.165) is 23.8 Å². The Kier molecular flexibility index (Phi) is 4.91. The number of hydrogen-bond donors (Lipinski definition) is 2. The molecule has 0 atom stereocenters. The molecule has 1 aliphatic rings. The number of carboxylic acid groups (broad SMARTS) is 1. The first-order valence-electron chi connectivity index (χ1n) is 8.81. The van der Waals surface area contributed by atoms with Gasteiger partial charge in [0.2, 0.25) is 5.43 Å². The standard InChI is InChI=1S/C20H16F2N2O4S/c21-15-9-13-17(16(22)18(15)23-5-7-29-8-6-23)24(10-14(19(13)26)20(27)28)11-1-3-12(25)4-2-11/h1-4,9-10,25H,5-8H2,(H,27,28). The van der Waals surface area contributed by atoms with Crippen molar-refractivity contribution in [1.82, 2.24) is 4.57 Å². The minimum Gasteiger partial charge on any atom is -0.508 e. The normalized spacial score (nSPS) is 14.3. The van der Waals surface area contributed by atoms with Gasteiger partial charge in [0.05, 0.1) is 10.9 Å². The van der Waals surface area contributed by atoms with Crippen LogP contribution in [0.5, 0.6) is 5.75 Å². The highest BCUT2D eigenvalue weighted by Crippen LogP contribution is 2.32. The van der Waals surface area contributed by atoms with Crippen molar-refractivity contribution in [3.05, 3.63) is 63.9 Å². The largest absolute Gasteiger partial charge is 0.508 e. The average Bonchev–Trinajstić information content (AvgIpc) is 2.70. The number of rotatable bonds is 3. The number of aromatic nitrogens is 1. The van der Waals surface area contributed by atoms with E-state index in [0.29, 0.717) is 18.8 Å². The highest BCUT2D eigenvalue weighted by molar-refractivity contribution is 7.99. The Morgan fingerprint density at radius 1 is 1.10 bits per heavy atom. The lowest BCUT2D eigenvalue weighted by Crippen LogP contribution is -2.34. The van der Waals surface area contributed by atoms with Crippen molar-refractivity contribution < 1.29 is 23.8 Å². The maximum Gasteiger partial charge on any atom is 0.341 e. The molecule has 1 fully saturated rings. The molecule has 1 saturated heterocycles. The summed E-state index contributed by atoms with van der Waals surface area (Å²) in [4.78, 5) is 25.7. The van der Waals surface area contributed by atoms with Gasteiger partial charge in [0, 0.05) is 36.5 Å². The summed E-state index contributed by atoms with van der Waals surface area (Å²) < 4.78 is 31.7. The summed E-state index contributed by atoms with van der Waals surface area (Å²) in [6.07, 6.45) is 1.02. The second-order valence-electron chi connectivity index (χ2n) is 6.58. The number of phenols is 1. The minimum absolute atomic E-state index is 0.0319. The van der Waals surface area contributed by atoms with Gasteiger partial charge in [-0.2, -0.15) is 11.8 Å². The second-order valence-corrected chi connectivity index (χ2v) is 7.80. The maximum atomic E-state index is 15.6. The van der Waals surface area contributed by atoms with E-state index in [-0.39, 0.29) is 22.3 Å². The molecule has 6 nitrogen and oxygen atoms in total. The van der Waals surface area contributed by atoms with Crippen LogP contribution in [0.4, 0.5) is 14.5 Å². The van der Waals surface area contributed by atoms with Gasteiger partial charge in [0.1, 0.15) is 22.8 Å². The molecule has 0 unspecified atom stereocenters. The molecule has 4 rings (SSSR count). The van der Waals surface area contributed by atoms with Gasteiger partial charge in [-0.3, -0.25) is 4.79 Å². The minimum atomic E-state index is -1.50. The molecule has 0 aliphatic carbocycles. The highest BCUT2D eigenvalue weighted by Gasteiger charge is 2.26. The van der Waals surface area contributed by atoms with Crippen LogP contribution in [0.15, 0.2) is 41.3 Å². The number of fused-ring (bicyclic) bond motifs is 1. The lowest BCUT2D eigenvalue weighted by Gasteiger charge is -2.29. The molecule has 2 N–H and O–H groups in total. The molecule has 1 aromatic heterocycles. The van der Waals surface area contributed by atoms with Gasteiger partial charge in [0.25, 0.3) is 0 Å². The van der Waals surface area contributed by atoms with Gasteiger partial charge in [-0.1, -0.05) is 0 Å². The molecule has 0 bridgehead atoms. The highest BCUT2D eigenvalue weighted by atomic mass is 32.2. The summed E-state index contributed by atoms with van der Waals surface area (Å²) in [5, 5.41) is 18.6. The number of benzene rings is 2. The molecule has 0 spiro atoms.